The lowest BCUT2D eigenvalue weighted by Gasteiger charge is -2.18. The van der Waals surface area contributed by atoms with E-state index < -0.39 is 10.0 Å². The quantitative estimate of drug-likeness (QED) is 0.199. The molecule has 10 heteroatoms. The Hall–Kier alpha value is -1.14. The highest BCUT2D eigenvalue weighted by atomic mass is 127. The molecule has 0 saturated carbocycles. The van der Waals surface area contributed by atoms with Gasteiger partial charge in [0.05, 0.1) is 12.8 Å². The number of hydrogen-bond acceptors (Lipinski definition) is 4. The highest BCUT2D eigenvalue weighted by Gasteiger charge is 2.13. The first kappa shape index (κ1) is 26.9. The van der Waals surface area contributed by atoms with E-state index in [1.165, 1.54) is 22.7 Å². The van der Waals surface area contributed by atoms with Crippen LogP contribution in [0.5, 0.6) is 5.75 Å². The number of guanidine groups is 1. The molecule has 0 fully saturated rings. The Labute approximate surface area is 185 Å². The Morgan fingerprint density at radius 2 is 2.04 bits per heavy atom. The third-order valence-electron chi connectivity index (χ3n) is 3.68. The van der Waals surface area contributed by atoms with Gasteiger partial charge < -0.3 is 15.4 Å². The summed E-state index contributed by atoms with van der Waals surface area (Å²) in [4.78, 5) is 4.46. The highest BCUT2D eigenvalue weighted by Crippen LogP contribution is 2.13. The van der Waals surface area contributed by atoms with Crippen molar-refractivity contribution in [2.24, 2.45) is 4.99 Å². The average Bonchev–Trinajstić information content (AvgIpc) is 2.58. The molecule has 162 valence electrons. The molecular formula is C18H32FIN4O3S. The largest absolute Gasteiger partial charge is 0.489 e. The van der Waals surface area contributed by atoms with Crippen LogP contribution in [0.1, 0.15) is 27.2 Å². The van der Waals surface area contributed by atoms with Crippen molar-refractivity contribution in [1.29, 1.82) is 0 Å². The van der Waals surface area contributed by atoms with Gasteiger partial charge in [-0.25, -0.2) is 22.1 Å². The molecule has 0 radical (unpaired) electrons. The first-order valence-corrected chi connectivity index (χ1v) is 11.0. The van der Waals surface area contributed by atoms with Gasteiger partial charge in [0.15, 0.2) is 5.96 Å². The van der Waals surface area contributed by atoms with Gasteiger partial charge in [0.1, 0.15) is 17.7 Å². The Morgan fingerprint density at radius 1 is 1.32 bits per heavy atom. The van der Waals surface area contributed by atoms with E-state index in [1.807, 2.05) is 20.8 Å². The van der Waals surface area contributed by atoms with Crippen LogP contribution in [-0.4, -0.2) is 63.8 Å². The number of sulfonamides is 1. The van der Waals surface area contributed by atoms with Crippen LogP contribution in [-0.2, 0) is 10.0 Å². The predicted molar refractivity (Wildman–Crippen MR) is 123 cm³/mol. The SMILES string of the molecule is CCNC(=NCC(C)Oc1cccc(F)c1)NCCCN(CC)S(C)(=O)=O.I. The molecule has 0 saturated heterocycles. The van der Waals surface area contributed by atoms with E-state index in [-0.39, 0.29) is 35.9 Å². The number of aliphatic imine (C=N–C) groups is 1. The fourth-order valence-electron chi connectivity index (χ4n) is 2.39. The Kier molecular flexibility index (Phi) is 13.4. The lowest BCUT2D eigenvalue weighted by molar-refractivity contribution is 0.229. The van der Waals surface area contributed by atoms with Crippen LogP contribution >= 0.6 is 24.0 Å². The fourth-order valence-corrected chi connectivity index (χ4v) is 3.32. The van der Waals surface area contributed by atoms with Crippen LogP contribution in [0.4, 0.5) is 4.39 Å². The Balaban J connectivity index is 0.00000729. The van der Waals surface area contributed by atoms with Gasteiger partial charge >= 0.3 is 0 Å². The summed E-state index contributed by atoms with van der Waals surface area (Å²) >= 11 is 0. The zero-order chi connectivity index (χ0) is 20.3. The van der Waals surface area contributed by atoms with Crippen molar-refractivity contribution in [1.82, 2.24) is 14.9 Å². The topological polar surface area (TPSA) is 83.0 Å². The van der Waals surface area contributed by atoms with Crippen LogP contribution < -0.4 is 15.4 Å². The highest BCUT2D eigenvalue weighted by molar-refractivity contribution is 14.0. The molecule has 0 aliphatic carbocycles. The number of nitrogens with zero attached hydrogens (tertiary/aromatic N) is 2. The molecule has 0 aliphatic heterocycles. The minimum atomic E-state index is -3.16. The maximum Gasteiger partial charge on any atom is 0.211 e. The van der Waals surface area contributed by atoms with E-state index in [9.17, 15) is 12.8 Å². The second-order valence-corrected chi connectivity index (χ2v) is 8.12. The molecule has 1 rings (SSSR count). The molecular weight excluding hydrogens is 498 g/mol. The summed E-state index contributed by atoms with van der Waals surface area (Å²) in [5.41, 5.74) is 0. The summed E-state index contributed by atoms with van der Waals surface area (Å²) < 4.78 is 43.4. The van der Waals surface area contributed by atoms with E-state index >= 15 is 0 Å². The van der Waals surface area contributed by atoms with Crippen molar-refractivity contribution < 1.29 is 17.5 Å². The van der Waals surface area contributed by atoms with Crippen molar-refractivity contribution in [2.45, 2.75) is 33.3 Å². The van der Waals surface area contributed by atoms with Crippen LogP contribution in [0.25, 0.3) is 0 Å². The minimum absolute atomic E-state index is 0. The number of benzene rings is 1. The van der Waals surface area contributed by atoms with Gasteiger partial charge in [0.2, 0.25) is 10.0 Å². The van der Waals surface area contributed by atoms with Crippen LogP contribution in [0.3, 0.4) is 0 Å². The van der Waals surface area contributed by atoms with Crippen LogP contribution in [0, 0.1) is 5.82 Å². The monoisotopic (exact) mass is 530 g/mol. The molecule has 28 heavy (non-hydrogen) atoms. The second kappa shape index (κ2) is 13.9. The molecule has 0 aromatic heterocycles. The summed E-state index contributed by atoms with van der Waals surface area (Å²) in [7, 11) is -3.16. The summed E-state index contributed by atoms with van der Waals surface area (Å²) in [5.74, 6) is 0.763. The number of rotatable bonds is 11. The smallest absolute Gasteiger partial charge is 0.211 e. The third-order valence-corrected chi connectivity index (χ3v) is 5.06. The van der Waals surface area contributed by atoms with E-state index in [4.69, 9.17) is 4.74 Å². The van der Waals surface area contributed by atoms with Crippen LogP contribution in [0.2, 0.25) is 0 Å². The van der Waals surface area contributed by atoms with E-state index in [0.717, 1.165) is 0 Å². The van der Waals surface area contributed by atoms with Gasteiger partial charge in [0.25, 0.3) is 0 Å². The molecule has 2 N–H and O–H groups in total. The zero-order valence-electron chi connectivity index (χ0n) is 16.9. The molecule has 0 heterocycles. The molecule has 0 bridgehead atoms. The van der Waals surface area contributed by atoms with Crippen molar-refractivity contribution >= 4 is 40.0 Å². The van der Waals surface area contributed by atoms with Gasteiger partial charge in [-0.3, -0.25) is 0 Å². The minimum Gasteiger partial charge on any atom is -0.489 e. The third kappa shape index (κ3) is 11.0. The predicted octanol–water partition coefficient (Wildman–Crippen LogP) is 2.44. The van der Waals surface area contributed by atoms with Gasteiger partial charge in [-0.1, -0.05) is 13.0 Å². The average molecular weight is 530 g/mol. The van der Waals surface area contributed by atoms with Crippen molar-refractivity contribution in [3.63, 3.8) is 0 Å². The summed E-state index contributed by atoms with van der Waals surface area (Å²) in [6, 6.07) is 6.01. The maximum atomic E-state index is 13.2. The standard InChI is InChI=1S/C18H31FN4O3S.HI/c1-5-20-18(21-11-8-12-23(6-2)27(4,24)25)22-14-15(3)26-17-10-7-9-16(19)13-17;/h7,9-10,13,15H,5-6,8,11-12,14H2,1-4H3,(H2,20,21,22);1H. The van der Waals surface area contributed by atoms with Gasteiger partial charge in [-0.15, -0.1) is 24.0 Å². The van der Waals surface area contributed by atoms with Gasteiger partial charge in [-0.2, -0.15) is 0 Å². The van der Waals surface area contributed by atoms with Crippen molar-refractivity contribution in [2.75, 3.05) is 39.0 Å². The molecule has 0 amide bonds. The summed E-state index contributed by atoms with van der Waals surface area (Å²) in [5, 5.41) is 6.32. The fraction of sp³-hybridized carbons (Fsp3) is 0.611. The lowest BCUT2D eigenvalue weighted by Crippen LogP contribution is -2.40. The Bertz CT molecular complexity index is 704. The zero-order valence-corrected chi connectivity index (χ0v) is 20.1. The first-order chi connectivity index (χ1) is 12.8. The van der Waals surface area contributed by atoms with E-state index in [2.05, 4.69) is 15.6 Å². The molecule has 1 aromatic rings. The van der Waals surface area contributed by atoms with Gasteiger partial charge in [0, 0.05) is 32.2 Å². The van der Waals surface area contributed by atoms with E-state index in [1.54, 1.807) is 12.1 Å². The summed E-state index contributed by atoms with van der Waals surface area (Å²) in [6.45, 7) is 8.26. The molecule has 1 atom stereocenters. The number of nitrogens with one attached hydrogen (secondary N) is 2. The molecule has 1 unspecified atom stereocenters. The number of halogens is 2. The first-order valence-electron chi connectivity index (χ1n) is 9.15. The lowest BCUT2D eigenvalue weighted by atomic mass is 10.3. The number of ether oxygens (including phenoxy) is 1. The normalized spacial score (nSPS) is 13.0. The molecule has 1 aromatic carbocycles. The van der Waals surface area contributed by atoms with Crippen molar-refractivity contribution in [3.05, 3.63) is 30.1 Å². The second-order valence-electron chi connectivity index (χ2n) is 6.14. The van der Waals surface area contributed by atoms with E-state index in [0.29, 0.717) is 50.9 Å². The Morgan fingerprint density at radius 3 is 2.61 bits per heavy atom. The number of hydrogen-bond donors (Lipinski definition) is 2. The van der Waals surface area contributed by atoms with Crippen LogP contribution in [0.15, 0.2) is 29.3 Å². The maximum absolute atomic E-state index is 13.2. The summed E-state index contributed by atoms with van der Waals surface area (Å²) in [6.07, 6.45) is 1.67. The molecule has 7 nitrogen and oxygen atoms in total. The van der Waals surface area contributed by atoms with Gasteiger partial charge in [-0.05, 0) is 32.4 Å². The molecule has 0 aliphatic rings. The molecule has 0 spiro atoms. The van der Waals surface area contributed by atoms with Crippen molar-refractivity contribution in [3.8, 4) is 5.75 Å².